The molecule has 146 valence electrons. The van der Waals surface area contributed by atoms with Gasteiger partial charge in [0, 0.05) is 15.3 Å². The van der Waals surface area contributed by atoms with Crippen LogP contribution in [0.4, 0.5) is 13.2 Å². The van der Waals surface area contributed by atoms with Crippen LogP contribution in [0.3, 0.4) is 0 Å². The summed E-state index contributed by atoms with van der Waals surface area (Å²) in [5.41, 5.74) is 0.997. The summed E-state index contributed by atoms with van der Waals surface area (Å²) in [5.74, 6) is -0.807. The summed E-state index contributed by atoms with van der Waals surface area (Å²) < 4.78 is 40.2. The number of aliphatic hydroxyl groups excluding tert-OH is 1. The van der Waals surface area contributed by atoms with Crippen LogP contribution >= 0.6 is 11.3 Å². The summed E-state index contributed by atoms with van der Waals surface area (Å²) in [4.78, 5) is 13.8. The van der Waals surface area contributed by atoms with Crippen molar-refractivity contribution in [1.29, 1.82) is 0 Å². The second kappa shape index (κ2) is 8.45. The zero-order chi connectivity index (χ0) is 20.1. The average Bonchev–Trinajstić information content (AvgIpc) is 3.14. The summed E-state index contributed by atoms with van der Waals surface area (Å²) in [5, 5.41) is 13.1. The SMILES string of the molecule is O=C(NCc1ccc(C(O)c2ccccc2)s1)c1ccc(OC(F)(F)F)cc1. The van der Waals surface area contributed by atoms with E-state index in [0.29, 0.717) is 0 Å². The van der Waals surface area contributed by atoms with E-state index >= 15 is 0 Å². The fourth-order valence-corrected chi connectivity index (χ4v) is 3.48. The molecule has 0 spiro atoms. The fraction of sp³-hybridized carbons (Fsp3) is 0.150. The molecule has 1 atom stereocenters. The van der Waals surface area contributed by atoms with Gasteiger partial charge in [-0.3, -0.25) is 4.79 Å². The molecule has 28 heavy (non-hydrogen) atoms. The molecule has 0 saturated carbocycles. The molecule has 3 aromatic rings. The molecule has 0 aliphatic carbocycles. The molecule has 8 heteroatoms. The quantitative estimate of drug-likeness (QED) is 0.625. The highest BCUT2D eigenvalue weighted by Gasteiger charge is 2.31. The lowest BCUT2D eigenvalue weighted by molar-refractivity contribution is -0.274. The van der Waals surface area contributed by atoms with Crippen molar-refractivity contribution in [3.8, 4) is 5.75 Å². The third kappa shape index (κ3) is 5.34. The summed E-state index contributed by atoms with van der Waals surface area (Å²) >= 11 is 1.37. The third-order valence-corrected chi connectivity index (χ3v) is 4.98. The lowest BCUT2D eigenvalue weighted by Crippen LogP contribution is -2.22. The van der Waals surface area contributed by atoms with Crippen LogP contribution in [-0.4, -0.2) is 17.4 Å². The van der Waals surface area contributed by atoms with Gasteiger partial charge in [0.05, 0.1) is 6.54 Å². The van der Waals surface area contributed by atoms with Crippen LogP contribution in [0.5, 0.6) is 5.75 Å². The normalized spacial score (nSPS) is 12.4. The summed E-state index contributed by atoms with van der Waals surface area (Å²) in [6.45, 7) is 0.242. The van der Waals surface area contributed by atoms with Crippen molar-refractivity contribution < 1.29 is 27.8 Å². The predicted molar refractivity (Wildman–Crippen MR) is 99.1 cm³/mol. The van der Waals surface area contributed by atoms with Crippen LogP contribution in [0.1, 0.15) is 31.8 Å². The first-order chi connectivity index (χ1) is 13.3. The number of amides is 1. The van der Waals surface area contributed by atoms with Crippen molar-refractivity contribution in [2.45, 2.75) is 19.0 Å². The number of carbonyl (C=O) groups excluding carboxylic acids is 1. The average molecular weight is 407 g/mol. The first kappa shape index (κ1) is 19.9. The molecular weight excluding hydrogens is 391 g/mol. The van der Waals surface area contributed by atoms with Gasteiger partial charge < -0.3 is 15.2 Å². The minimum atomic E-state index is -4.77. The Hall–Kier alpha value is -2.84. The number of carbonyl (C=O) groups is 1. The van der Waals surface area contributed by atoms with Crippen molar-refractivity contribution in [2.24, 2.45) is 0 Å². The van der Waals surface area contributed by atoms with Crippen LogP contribution < -0.4 is 10.1 Å². The second-order valence-corrected chi connectivity index (χ2v) is 7.07. The Balaban J connectivity index is 1.57. The van der Waals surface area contributed by atoms with Gasteiger partial charge in [-0.25, -0.2) is 0 Å². The van der Waals surface area contributed by atoms with Gasteiger partial charge in [-0.15, -0.1) is 24.5 Å². The lowest BCUT2D eigenvalue weighted by Gasteiger charge is -2.09. The highest BCUT2D eigenvalue weighted by Crippen LogP contribution is 2.28. The Morgan fingerprint density at radius 1 is 1.04 bits per heavy atom. The summed E-state index contributed by atoms with van der Waals surface area (Å²) in [7, 11) is 0. The van der Waals surface area contributed by atoms with E-state index in [4.69, 9.17) is 0 Å². The van der Waals surface area contributed by atoms with E-state index in [1.165, 1.54) is 23.5 Å². The van der Waals surface area contributed by atoms with E-state index in [9.17, 15) is 23.1 Å². The smallest absolute Gasteiger partial charge is 0.406 e. The Labute approximate surface area is 163 Å². The van der Waals surface area contributed by atoms with Crippen LogP contribution in [0, 0.1) is 0 Å². The highest BCUT2D eigenvalue weighted by molar-refractivity contribution is 7.12. The van der Waals surface area contributed by atoms with Crippen LogP contribution in [-0.2, 0) is 6.54 Å². The molecule has 2 aromatic carbocycles. The molecule has 0 bridgehead atoms. The van der Waals surface area contributed by atoms with Crippen LogP contribution in [0.25, 0.3) is 0 Å². The predicted octanol–water partition coefficient (Wildman–Crippen LogP) is 4.66. The first-order valence-corrected chi connectivity index (χ1v) is 9.09. The molecule has 0 fully saturated rings. The van der Waals surface area contributed by atoms with Gasteiger partial charge in [0.2, 0.25) is 0 Å². The van der Waals surface area contributed by atoms with Gasteiger partial charge in [-0.2, -0.15) is 0 Å². The maximum absolute atomic E-state index is 12.2. The van der Waals surface area contributed by atoms with E-state index in [1.54, 1.807) is 6.07 Å². The third-order valence-electron chi connectivity index (χ3n) is 3.84. The minimum Gasteiger partial charge on any atom is -0.406 e. The number of thiophene rings is 1. The van der Waals surface area contributed by atoms with E-state index < -0.39 is 18.4 Å². The molecule has 0 aliphatic heterocycles. The molecule has 3 rings (SSSR count). The molecular formula is C20H16F3NO3S. The molecule has 4 nitrogen and oxygen atoms in total. The maximum Gasteiger partial charge on any atom is 0.573 e. The number of rotatable bonds is 6. The van der Waals surface area contributed by atoms with Crippen LogP contribution in [0.15, 0.2) is 66.7 Å². The fourth-order valence-electron chi connectivity index (χ4n) is 2.51. The standard InChI is InChI=1S/C20H16F3NO3S/c21-20(22,23)27-15-8-6-14(7-9-15)19(26)24-12-16-10-11-17(28-16)18(25)13-4-2-1-3-5-13/h1-11,18,25H,12H2,(H,24,26). The van der Waals surface area contributed by atoms with E-state index in [0.717, 1.165) is 27.5 Å². The van der Waals surface area contributed by atoms with Gasteiger partial charge >= 0.3 is 6.36 Å². The van der Waals surface area contributed by atoms with Crippen molar-refractivity contribution >= 4 is 17.2 Å². The summed E-state index contributed by atoms with van der Waals surface area (Å²) in [6, 6.07) is 17.5. The van der Waals surface area contributed by atoms with Gasteiger partial charge in [0.25, 0.3) is 5.91 Å². The zero-order valence-electron chi connectivity index (χ0n) is 14.4. The second-order valence-electron chi connectivity index (χ2n) is 5.87. The van der Waals surface area contributed by atoms with Gasteiger partial charge in [0.1, 0.15) is 11.9 Å². The zero-order valence-corrected chi connectivity index (χ0v) is 15.3. The monoisotopic (exact) mass is 407 g/mol. The number of alkyl halides is 3. The number of nitrogens with one attached hydrogen (secondary N) is 1. The molecule has 2 N–H and O–H groups in total. The number of ether oxygens (including phenoxy) is 1. The summed E-state index contributed by atoms with van der Waals surface area (Å²) in [6.07, 6.45) is -5.51. The van der Waals surface area contributed by atoms with Gasteiger partial charge in [0.15, 0.2) is 0 Å². The van der Waals surface area contributed by atoms with E-state index in [-0.39, 0.29) is 17.9 Å². The Morgan fingerprint density at radius 3 is 2.36 bits per heavy atom. The Kier molecular flexibility index (Phi) is 6.01. The molecule has 1 heterocycles. The van der Waals surface area contributed by atoms with Crippen molar-refractivity contribution in [3.05, 3.63) is 87.6 Å². The van der Waals surface area contributed by atoms with E-state index in [1.807, 2.05) is 36.4 Å². The number of halogens is 3. The molecule has 1 aromatic heterocycles. The number of hydrogen-bond donors (Lipinski definition) is 2. The Bertz CT molecular complexity index is 924. The molecule has 0 radical (unpaired) electrons. The maximum atomic E-state index is 12.2. The van der Waals surface area contributed by atoms with Crippen molar-refractivity contribution in [1.82, 2.24) is 5.32 Å². The van der Waals surface area contributed by atoms with Crippen molar-refractivity contribution in [3.63, 3.8) is 0 Å². The molecule has 1 unspecified atom stereocenters. The van der Waals surface area contributed by atoms with Crippen molar-refractivity contribution in [2.75, 3.05) is 0 Å². The molecule has 0 aliphatic rings. The number of aliphatic hydroxyl groups is 1. The largest absolute Gasteiger partial charge is 0.573 e. The van der Waals surface area contributed by atoms with Gasteiger partial charge in [-0.05, 0) is 42.0 Å². The number of benzene rings is 2. The van der Waals surface area contributed by atoms with E-state index in [2.05, 4.69) is 10.1 Å². The molecule has 0 saturated heterocycles. The highest BCUT2D eigenvalue weighted by atomic mass is 32.1. The van der Waals surface area contributed by atoms with Crippen LogP contribution in [0.2, 0.25) is 0 Å². The lowest BCUT2D eigenvalue weighted by atomic mass is 10.1. The number of hydrogen-bond acceptors (Lipinski definition) is 4. The van der Waals surface area contributed by atoms with Gasteiger partial charge in [-0.1, -0.05) is 30.3 Å². The minimum absolute atomic E-state index is 0.218. The molecule has 1 amide bonds. The first-order valence-electron chi connectivity index (χ1n) is 8.27. The topological polar surface area (TPSA) is 58.6 Å². The Morgan fingerprint density at radius 2 is 1.71 bits per heavy atom.